The van der Waals surface area contributed by atoms with Crippen LogP contribution in [0.15, 0.2) is 66.6 Å². The first-order chi connectivity index (χ1) is 12.8. The van der Waals surface area contributed by atoms with Gasteiger partial charge in [0.2, 0.25) is 0 Å². The Morgan fingerprint density at radius 3 is 2.62 bits per heavy atom. The van der Waals surface area contributed by atoms with Crippen molar-refractivity contribution in [2.24, 2.45) is 0 Å². The van der Waals surface area contributed by atoms with E-state index in [4.69, 9.17) is 9.47 Å². The summed E-state index contributed by atoms with van der Waals surface area (Å²) < 4.78 is 13.1. The van der Waals surface area contributed by atoms with Gasteiger partial charge in [-0.05, 0) is 24.3 Å². The molecule has 134 valence electrons. The standard InChI is InChI=1S/C19H20N4O2S/c1-3-12-23-18(15-8-10-20-11-9-15)21-22-19(23)26-14-13-25-17-7-5-4-6-16(17)24-2/h3-11H,1,12-14H2,2H3. The van der Waals surface area contributed by atoms with Crippen molar-refractivity contribution in [2.75, 3.05) is 19.5 Å². The molecular formula is C19H20N4O2S. The van der Waals surface area contributed by atoms with Crippen molar-refractivity contribution in [1.82, 2.24) is 19.7 Å². The normalized spacial score (nSPS) is 10.5. The molecule has 1 aromatic carbocycles. The van der Waals surface area contributed by atoms with E-state index in [1.807, 2.05) is 47.0 Å². The van der Waals surface area contributed by atoms with Crippen molar-refractivity contribution in [3.05, 3.63) is 61.4 Å². The molecule has 7 heteroatoms. The van der Waals surface area contributed by atoms with Gasteiger partial charge in [-0.3, -0.25) is 9.55 Å². The lowest BCUT2D eigenvalue weighted by Crippen LogP contribution is -2.04. The Bertz CT molecular complexity index is 852. The van der Waals surface area contributed by atoms with Crippen LogP contribution < -0.4 is 9.47 Å². The van der Waals surface area contributed by atoms with Gasteiger partial charge in [0.05, 0.1) is 13.7 Å². The second-order valence-corrected chi connectivity index (χ2v) is 6.35. The number of allylic oxidation sites excluding steroid dienone is 1. The highest BCUT2D eigenvalue weighted by atomic mass is 32.2. The topological polar surface area (TPSA) is 62.1 Å². The minimum atomic E-state index is 0.538. The molecule has 0 aliphatic rings. The van der Waals surface area contributed by atoms with E-state index in [9.17, 15) is 0 Å². The molecule has 0 atom stereocenters. The second-order valence-electron chi connectivity index (χ2n) is 5.29. The van der Waals surface area contributed by atoms with E-state index in [0.717, 1.165) is 33.8 Å². The second kappa shape index (κ2) is 9.05. The third-order valence-corrected chi connectivity index (χ3v) is 4.54. The van der Waals surface area contributed by atoms with Gasteiger partial charge in [0.1, 0.15) is 0 Å². The summed E-state index contributed by atoms with van der Waals surface area (Å²) in [6, 6.07) is 11.5. The van der Waals surface area contributed by atoms with Crippen LogP contribution in [0.4, 0.5) is 0 Å². The molecular weight excluding hydrogens is 348 g/mol. The molecule has 0 aliphatic heterocycles. The summed E-state index contributed by atoms with van der Waals surface area (Å²) >= 11 is 1.60. The Kier molecular flexibility index (Phi) is 6.27. The Balaban J connectivity index is 1.65. The fraction of sp³-hybridized carbons (Fsp3) is 0.211. The first kappa shape index (κ1) is 18.0. The fourth-order valence-electron chi connectivity index (χ4n) is 2.43. The molecule has 3 rings (SSSR count). The Morgan fingerprint density at radius 2 is 1.88 bits per heavy atom. The van der Waals surface area contributed by atoms with Gasteiger partial charge in [-0.25, -0.2) is 0 Å². The van der Waals surface area contributed by atoms with E-state index in [2.05, 4.69) is 21.8 Å². The first-order valence-electron chi connectivity index (χ1n) is 8.16. The maximum absolute atomic E-state index is 5.81. The van der Waals surface area contributed by atoms with Crippen molar-refractivity contribution in [3.8, 4) is 22.9 Å². The predicted molar refractivity (Wildman–Crippen MR) is 103 cm³/mol. The zero-order valence-electron chi connectivity index (χ0n) is 14.5. The van der Waals surface area contributed by atoms with Gasteiger partial charge in [-0.2, -0.15) is 0 Å². The number of ether oxygens (including phenoxy) is 2. The van der Waals surface area contributed by atoms with Gasteiger partial charge in [0.25, 0.3) is 0 Å². The lowest BCUT2D eigenvalue weighted by atomic mass is 10.2. The summed E-state index contributed by atoms with van der Waals surface area (Å²) in [6.45, 7) is 5.01. The predicted octanol–water partition coefficient (Wildman–Crippen LogP) is 3.71. The van der Waals surface area contributed by atoms with Crippen LogP contribution in [0.25, 0.3) is 11.4 Å². The lowest BCUT2D eigenvalue weighted by molar-refractivity contribution is 0.313. The van der Waals surface area contributed by atoms with Crippen LogP contribution in [0, 0.1) is 0 Å². The number of benzene rings is 1. The molecule has 3 aromatic rings. The van der Waals surface area contributed by atoms with Gasteiger partial charge >= 0.3 is 0 Å². The maximum atomic E-state index is 5.81. The Hall–Kier alpha value is -2.80. The zero-order valence-corrected chi connectivity index (χ0v) is 15.4. The molecule has 0 fully saturated rings. The summed E-state index contributed by atoms with van der Waals surface area (Å²) in [5, 5.41) is 9.48. The molecule has 0 N–H and O–H groups in total. The highest BCUT2D eigenvalue weighted by Crippen LogP contribution is 2.27. The molecule has 0 amide bonds. The molecule has 0 unspecified atom stereocenters. The number of hydrogen-bond acceptors (Lipinski definition) is 6. The van der Waals surface area contributed by atoms with Gasteiger partial charge in [-0.1, -0.05) is 30.0 Å². The van der Waals surface area contributed by atoms with E-state index >= 15 is 0 Å². The van der Waals surface area contributed by atoms with E-state index in [-0.39, 0.29) is 0 Å². The number of rotatable bonds is 9. The van der Waals surface area contributed by atoms with Crippen LogP contribution in [0.2, 0.25) is 0 Å². The molecule has 6 nitrogen and oxygen atoms in total. The number of methoxy groups -OCH3 is 1. The zero-order chi connectivity index (χ0) is 18.2. The van der Waals surface area contributed by atoms with Gasteiger partial charge in [0.15, 0.2) is 22.5 Å². The third-order valence-electron chi connectivity index (χ3n) is 3.61. The van der Waals surface area contributed by atoms with Gasteiger partial charge in [-0.15, -0.1) is 16.8 Å². The molecule has 2 aromatic heterocycles. The highest BCUT2D eigenvalue weighted by Gasteiger charge is 2.13. The smallest absolute Gasteiger partial charge is 0.191 e. The number of hydrogen-bond donors (Lipinski definition) is 0. The first-order valence-corrected chi connectivity index (χ1v) is 9.15. The number of thioether (sulfide) groups is 1. The van der Waals surface area contributed by atoms with E-state index in [1.165, 1.54) is 0 Å². The van der Waals surface area contributed by atoms with Crippen molar-refractivity contribution >= 4 is 11.8 Å². The Morgan fingerprint density at radius 1 is 1.12 bits per heavy atom. The molecule has 0 aliphatic carbocycles. The summed E-state index contributed by atoms with van der Waals surface area (Å²) in [6.07, 6.45) is 5.33. The summed E-state index contributed by atoms with van der Waals surface area (Å²) in [7, 11) is 1.63. The SMILES string of the molecule is C=CCn1c(SCCOc2ccccc2OC)nnc1-c1ccncc1. The summed E-state index contributed by atoms with van der Waals surface area (Å²) in [5.74, 6) is 3.01. The average Bonchev–Trinajstić information content (AvgIpc) is 3.09. The quantitative estimate of drug-likeness (QED) is 0.326. The molecule has 0 spiro atoms. The molecule has 2 heterocycles. The number of pyridine rings is 1. The summed E-state index contributed by atoms with van der Waals surface area (Å²) in [5.41, 5.74) is 0.978. The molecule has 0 radical (unpaired) electrons. The lowest BCUT2D eigenvalue weighted by Gasteiger charge is -2.10. The molecule has 0 saturated carbocycles. The van der Waals surface area contributed by atoms with Crippen LogP contribution in [0.5, 0.6) is 11.5 Å². The number of nitrogens with zero attached hydrogens (tertiary/aromatic N) is 4. The van der Waals surface area contributed by atoms with Crippen LogP contribution in [-0.2, 0) is 6.54 Å². The summed E-state index contributed by atoms with van der Waals surface area (Å²) in [4.78, 5) is 4.05. The molecule has 26 heavy (non-hydrogen) atoms. The van der Waals surface area contributed by atoms with Crippen LogP contribution in [0.1, 0.15) is 0 Å². The molecule has 0 bridgehead atoms. The van der Waals surface area contributed by atoms with Crippen molar-refractivity contribution in [2.45, 2.75) is 11.7 Å². The number of aromatic nitrogens is 4. The van der Waals surface area contributed by atoms with Crippen LogP contribution in [0.3, 0.4) is 0 Å². The Labute approximate surface area is 156 Å². The highest BCUT2D eigenvalue weighted by molar-refractivity contribution is 7.99. The largest absolute Gasteiger partial charge is 0.493 e. The third kappa shape index (κ3) is 4.23. The van der Waals surface area contributed by atoms with E-state index in [0.29, 0.717) is 13.2 Å². The minimum Gasteiger partial charge on any atom is -0.493 e. The maximum Gasteiger partial charge on any atom is 0.191 e. The van der Waals surface area contributed by atoms with Gasteiger partial charge in [0, 0.05) is 30.3 Å². The monoisotopic (exact) mass is 368 g/mol. The fourth-order valence-corrected chi connectivity index (χ4v) is 3.19. The van der Waals surface area contributed by atoms with E-state index in [1.54, 1.807) is 31.3 Å². The van der Waals surface area contributed by atoms with Crippen molar-refractivity contribution in [3.63, 3.8) is 0 Å². The van der Waals surface area contributed by atoms with Crippen molar-refractivity contribution in [1.29, 1.82) is 0 Å². The van der Waals surface area contributed by atoms with Crippen molar-refractivity contribution < 1.29 is 9.47 Å². The van der Waals surface area contributed by atoms with E-state index < -0.39 is 0 Å². The van der Waals surface area contributed by atoms with Crippen LogP contribution >= 0.6 is 11.8 Å². The minimum absolute atomic E-state index is 0.538. The van der Waals surface area contributed by atoms with Gasteiger partial charge < -0.3 is 9.47 Å². The molecule has 0 saturated heterocycles. The number of para-hydroxylation sites is 2. The van der Waals surface area contributed by atoms with Crippen LogP contribution in [-0.4, -0.2) is 39.2 Å². The average molecular weight is 368 g/mol.